The molecule has 3 aromatic heterocycles. The van der Waals surface area contributed by atoms with Crippen LogP contribution in [0, 0.1) is 0 Å². The maximum atomic E-state index is 12.3. The molecule has 0 spiro atoms. The van der Waals surface area contributed by atoms with E-state index in [9.17, 15) is 4.79 Å². The Bertz CT molecular complexity index is 981. The third-order valence-electron chi connectivity index (χ3n) is 3.58. The van der Waals surface area contributed by atoms with E-state index in [2.05, 4.69) is 20.5 Å². The van der Waals surface area contributed by atoms with Gasteiger partial charge in [-0.2, -0.15) is 5.10 Å². The third kappa shape index (κ3) is 2.38. The molecule has 114 valence electrons. The topological polar surface area (TPSA) is 88.7 Å². The van der Waals surface area contributed by atoms with Gasteiger partial charge in [-0.25, -0.2) is 4.98 Å². The number of benzene rings is 1. The lowest BCUT2D eigenvalue weighted by Crippen LogP contribution is -2.12. The van der Waals surface area contributed by atoms with Crippen LogP contribution in [0.3, 0.4) is 0 Å². The summed E-state index contributed by atoms with van der Waals surface area (Å²) < 4.78 is 7.19. The molecule has 1 amide bonds. The summed E-state index contributed by atoms with van der Waals surface area (Å²) in [5.74, 6) is 0.334. The molecule has 0 radical (unpaired) electrons. The fourth-order valence-electron chi connectivity index (χ4n) is 2.41. The van der Waals surface area contributed by atoms with E-state index in [-0.39, 0.29) is 11.6 Å². The summed E-state index contributed by atoms with van der Waals surface area (Å²) in [4.78, 5) is 16.6. The second-order valence-corrected chi connectivity index (χ2v) is 5.16. The van der Waals surface area contributed by atoms with Gasteiger partial charge in [0.25, 0.3) is 5.91 Å². The highest BCUT2D eigenvalue weighted by Gasteiger charge is 2.13. The fraction of sp³-hybridized carbons (Fsp3) is 0.0625. The molecule has 0 atom stereocenters. The Balaban J connectivity index is 1.57. The third-order valence-corrected chi connectivity index (χ3v) is 3.58. The minimum Gasteiger partial charge on any atom is -0.463 e. The summed E-state index contributed by atoms with van der Waals surface area (Å²) in [5.41, 5.74) is 3.44. The molecular formula is C16H13N5O2. The monoisotopic (exact) mass is 307 g/mol. The van der Waals surface area contributed by atoms with Gasteiger partial charge in [-0.05, 0) is 30.3 Å². The van der Waals surface area contributed by atoms with E-state index < -0.39 is 0 Å². The Morgan fingerprint density at radius 1 is 1.30 bits per heavy atom. The quantitative estimate of drug-likeness (QED) is 0.609. The first-order valence-corrected chi connectivity index (χ1v) is 7.02. The van der Waals surface area contributed by atoms with Crippen molar-refractivity contribution in [2.75, 3.05) is 5.32 Å². The van der Waals surface area contributed by atoms with Crippen molar-refractivity contribution in [1.82, 2.24) is 19.7 Å². The van der Waals surface area contributed by atoms with Crippen LogP contribution in [-0.2, 0) is 7.05 Å². The van der Waals surface area contributed by atoms with Crippen LogP contribution in [0.25, 0.3) is 22.5 Å². The van der Waals surface area contributed by atoms with E-state index in [0.717, 1.165) is 11.0 Å². The molecule has 7 heteroatoms. The predicted octanol–water partition coefficient (Wildman–Crippen LogP) is 2.81. The first-order valence-electron chi connectivity index (χ1n) is 7.02. The van der Waals surface area contributed by atoms with Gasteiger partial charge in [-0.3, -0.25) is 9.89 Å². The van der Waals surface area contributed by atoms with Crippen molar-refractivity contribution in [3.05, 3.63) is 54.7 Å². The van der Waals surface area contributed by atoms with E-state index >= 15 is 0 Å². The maximum absolute atomic E-state index is 12.3. The Kier molecular flexibility index (Phi) is 2.97. The highest BCUT2D eigenvalue weighted by atomic mass is 16.3. The Morgan fingerprint density at radius 3 is 3.04 bits per heavy atom. The lowest BCUT2D eigenvalue weighted by molar-refractivity contribution is 0.102. The molecule has 0 bridgehead atoms. The molecule has 7 nitrogen and oxygen atoms in total. The number of rotatable bonds is 3. The standard InChI is InChI=1S/C16H13N5O2/c1-21-9-17-11-7-10(4-5-14(11)21)18-16(22)13-8-12(19-20-13)15-3-2-6-23-15/h2-9H,1H3,(H,18,22)(H,19,20). The van der Waals surface area contributed by atoms with Gasteiger partial charge in [0.2, 0.25) is 0 Å². The van der Waals surface area contributed by atoms with Crippen LogP contribution < -0.4 is 5.32 Å². The zero-order chi connectivity index (χ0) is 15.8. The van der Waals surface area contributed by atoms with Crippen molar-refractivity contribution in [1.29, 1.82) is 0 Å². The molecule has 4 aromatic rings. The average molecular weight is 307 g/mol. The number of nitrogens with zero attached hydrogens (tertiary/aromatic N) is 3. The number of aromatic amines is 1. The molecule has 0 aliphatic rings. The molecule has 2 N–H and O–H groups in total. The summed E-state index contributed by atoms with van der Waals surface area (Å²) in [6.45, 7) is 0. The number of hydrogen-bond acceptors (Lipinski definition) is 4. The van der Waals surface area contributed by atoms with Crippen LogP contribution in [0.15, 0.2) is 53.4 Å². The van der Waals surface area contributed by atoms with Gasteiger partial charge in [0.1, 0.15) is 5.69 Å². The number of aromatic nitrogens is 4. The maximum Gasteiger partial charge on any atom is 0.276 e. The number of carbonyl (C=O) groups excluding carboxylic acids is 1. The normalized spacial score (nSPS) is 11.0. The highest BCUT2D eigenvalue weighted by molar-refractivity contribution is 6.04. The van der Waals surface area contributed by atoms with E-state index in [1.165, 1.54) is 0 Å². The average Bonchev–Trinajstić information content (AvgIpc) is 3.27. The highest BCUT2D eigenvalue weighted by Crippen LogP contribution is 2.20. The van der Waals surface area contributed by atoms with E-state index in [1.54, 1.807) is 30.8 Å². The number of furan rings is 1. The second-order valence-electron chi connectivity index (χ2n) is 5.16. The Morgan fingerprint density at radius 2 is 2.22 bits per heavy atom. The van der Waals surface area contributed by atoms with Crippen LogP contribution >= 0.6 is 0 Å². The molecule has 4 rings (SSSR count). The molecule has 0 fully saturated rings. The van der Waals surface area contributed by atoms with Crippen molar-refractivity contribution < 1.29 is 9.21 Å². The zero-order valence-corrected chi connectivity index (χ0v) is 12.3. The molecule has 23 heavy (non-hydrogen) atoms. The molecule has 0 saturated heterocycles. The summed E-state index contributed by atoms with van der Waals surface area (Å²) >= 11 is 0. The number of fused-ring (bicyclic) bond motifs is 1. The lowest BCUT2D eigenvalue weighted by atomic mass is 10.2. The van der Waals surface area contributed by atoms with Crippen LogP contribution in [0.5, 0.6) is 0 Å². The van der Waals surface area contributed by atoms with Crippen LogP contribution in [0.2, 0.25) is 0 Å². The summed E-state index contributed by atoms with van der Waals surface area (Å²) in [6.07, 6.45) is 3.30. The smallest absolute Gasteiger partial charge is 0.276 e. The predicted molar refractivity (Wildman–Crippen MR) is 85.0 cm³/mol. The number of H-pyrrole nitrogens is 1. The van der Waals surface area contributed by atoms with Gasteiger partial charge in [-0.15, -0.1) is 0 Å². The van der Waals surface area contributed by atoms with E-state index in [4.69, 9.17) is 4.42 Å². The van der Waals surface area contributed by atoms with Crippen molar-refractivity contribution >= 4 is 22.6 Å². The van der Waals surface area contributed by atoms with Gasteiger partial charge in [0, 0.05) is 18.8 Å². The Hall–Kier alpha value is -3.35. The SMILES string of the molecule is Cn1cnc2cc(NC(=O)c3cc(-c4ccco4)[nH]n3)ccc21. The number of hydrogen-bond donors (Lipinski definition) is 2. The minimum atomic E-state index is -0.297. The first-order chi connectivity index (χ1) is 11.2. The second kappa shape index (κ2) is 5.13. The first kappa shape index (κ1) is 13.3. The molecular weight excluding hydrogens is 294 g/mol. The molecule has 0 aliphatic heterocycles. The summed E-state index contributed by atoms with van der Waals surface area (Å²) in [6, 6.07) is 10.8. The minimum absolute atomic E-state index is 0.289. The van der Waals surface area contributed by atoms with E-state index in [1.807, 2.05) is 29.8 Å². The van der Waals surface area contributed by atoms with Gasteiger partial charge in [0.05, 0.1) is 23.6 Å². The summed E-state index contributed by atoms with van der Waals surface area (Å²) in [7, 11) is 1.92. The Labute approximate surface area is 130 Å². The fourth-order valence-corrected chi connectivity index (χ4v) is 2.41. The van der Waals surface area contributed by atoms with Gasteiger partial charge in [-0.1, -0.05) is 0 Å². The molecule has 0 unspecified atom stereocenters. The van der Waals surface area contributed by atoms with Crippen LogP contribution in [0.4, 0.5) is 5.69 Å². The molecule has 1 aromatic carbocycles. The summed E-state index contributed by atoms with van der Waals surface area (Å²) in [5, 5.41) is 9.62. The van der Waals surface area contributed by atoms with Crippen molar-refractivity contribution in [2.24, 2.45) is 7.05 Å². The van der Waals surface area contributed by atoms with Gasteiger partial charge >= 0.3 is 0 Å². The number of carbonyl (C=O) groups is 1. The van der Waals surface area contributed by atoms with Crippen LogP contribution in [-0.4, -0.2) is 25.7 Å². The number of anilines is 1. The van der Waals surface area contributed by atoms with Crippen molar-refractivity contribution in [3.63, 3.8) is 0 Å². The number of amides is 1. The largest absolute Gasteiger partial charge is 0.463 e. The lowest BCUT2D eigenvalue weighted by Gasteiger charge is -2.03. The van der Waals surface area contributed by atoms with Crippen molar-refractivity contribution in [2.45, 2.75) is 0 Å². The van der Waals surface area contributed by atoms with Crippen molar-refractivity contribution in [3.8, 4) is 11.5 Å². The number of aryl methyl sites for hydroxylation is 1. The molecule has 0 aliphatic carbocycles. The number of imidazole rings is 1. The van der Waals surface area contributed by atoms with Gasteiger partial charge in [0.15, 0.2) is 11.5 Å². The molecule has 3 heterocycles. The van der Waals surface area contributed by atoms with Crippen LogP contribution in [0.1, 0.15) is 10.5 Å². The van der Waals surface area contributed by atoms with Gasteiger partial charge < -0.3 is 14.3 Å². The van der Waals surface area contributed by atoms with E-state index in [0.29, 0.717) is 17.1 Å². The molecule has 0 saturated carbocycles. The number of nitrogens with one attached hydrogen (secondary N) is 2. The zero-order valence-electron chi connectivity index (χ0n) is 12.3.